The molecule has 22 heavy (non-hydrogen) atoms. The van der Waals surface area contributed by atoms with Crippen molar-refractivity contribution < 1.29 is 9.53 Å². The molecule has 2 heterocycles. The molecule has 0 amide bonds. The summed E-state index contributed by atoms with van der Waals surface area (Å²) in [5, 5.41) is 6.19. The number of hydrogen-bond acceptors (Lipinski definition) is 5. The Morgan fingerprint density at radius 2 is 2.05 bits per heavy atom. The maximum absolute atomic E-state index is 11.4. The van der Waals surface area contributed by atoms with Crippen LogP contribution < -0.4 is 5.32 Å². The van der Waals surface area contributed by atoms with Gasteiger partial charge in [0.2, 0.25) is 0 Å². The molecular weight excluding hydrogens is 296 g/mol. The van der Waals surface area contributed by atoms with E-state index < -0.39 is 4.87 Å². The predicted octanol–water partition coefficient (Wildman–Crippen LogP) is 3.70. The Morgan fingerprint density at radius 3 is 2.68 bits per heavy atom. The number of benzene rings is 1. The van der Waals surface area contributed by atoms with Gasteiger partial charge in [-0.1, -0.05) is 36.0 Å². The van der Waals surface area contributed by atoms with Gasteiger partial charge in [-0.15, -0.1) is 0 Å². The van der Waals surface area contributed by atoms with Gasteiger partial charge in [0.1, 0.15) is 0 Å². The average molecular weight is 316 g/mol. The normalized spacial score (nSPS) is 19.7. The Hall–Kier alpha value is -2.01. The molecule has 0 aliphatic carbocycles. The maximum Gasteiger partial charge on any atom is 0.342 e. The highest BCUT2D eigenvalue weighted by molar-refractivity contribution is 8.04. The van der Waals surface area contributed by atoms with E-state index >= 15 is 0 Å². The fourth-order valence-corrected chi connectivity index (χ4v) is 2.87. The van der Waals surface area contributed by atoms with Crippen molar-refractivity contribution in [2.75, 3.05) is 6.61 Å². The monoisotopic (exact) mass is 316 g/mol. The standard InChI is InChI=1S/C9H7N.C8H13NO2S/c1-2-6-9-8(4-1)5-3-7-10-9;1-4-11-7(10)8(3)9-6(2)5-12-8/h1-7H;5,9H,4H2,1-3H3. The van der Waals surface area contributed by atoms with Gasteiger partial charge in [-0.25, -0.2) is 4.79 Å². The molecule has 0 radical (unpaired) electrons. The van der Waals surface area contributed by atoms with Crippen molar-refractivity contribution in [1.29, 1.82) is 0 Å². The van der Waals surface area contributed by atoms with E-state index in [1.807, 2.05) is 49.7 Å². The minimum absolute atomic E-state index is 0.205. The Bertz CT molecular complexity index is 622. The maximum atomic E-state index is 11.4. The third kappa shape index (κ3) is 4.01. The van der Waals surface area contributed by atoms with Crippen LogP contribution >= 0.6 is 11.8 Å². The number of nitrogens with zero attached hydrogens (tertiary/aromatic N) is 1. The molecule has 0 spiro atoms. The van der Waals surface area contributed by atoms with E-state index in [-0.39, 0.29) is 5.97 Å². The number of rotatable bonds is 2. The second kappa shape index (κ2) is 7.31. The van der Waals surface area contributed by atoms with Crippen LogP contribution in [0.4, 0.5) is 0 Å². The summed E-state index contributed by atoms with van der Waals surface area (Å²) in [4.78, 5) is 14.9. The van der Waals surface area contributed by atoms with Crippen molar-refractivity contribution in [2.45, 2.75) is 25.6 Å². The van der Waals surface area contributed by atoms with Crippen molar-refractivity contribution in [1.82, 2.24) is 10.3 Å². The van der Waals surface area contributed by atoms with Crippen LogP contribution in [0.15, 0.2) is 53.7 Å². The molecule has 1 atom stereocenters. The minimum Gasteiger partial charge on any atom is -0.464 e. The van der Waals surface area contributed by atoms with Gasteiger partial charge in [0.15, 0.2) is 4.87 Å². The van der Waals surface area contributed by atoms with Gasteiger partial charge < -0.3 is 10.1 Å². The fourth-order valence-electron chi connectivity index (χ4n) is 2.03. The summed E-state index contributed by atoms with van der Waals surface area (Å²) in [5.41, 5.74) is 2.07. The molecule has 5 heteroatoms. The van der Waals surface area contributed by atoms with Crippen molar-refractivity contribution in [2.24, 2.45) is 0 Å². The molecule has 116 valence electrons. The Balaban J connectivity index is 0.000000162. The number of hydrogen-bond donors (Lipinski definition) is 1. The molecule has 1 aromatic carbocycles. The van der Waals surface area contributed by atoms with Gasteiger partial charge in [-0.3, -0.25) is 4.98 Å². The van der Waals surface area contributed by atoms with E-state index in [2.05, 4.69) is 22.4 Å². The van der Waals surface area contributed by atoms with Crippen LogP contribution in [-0.4, -0.2) is 22.4 Å². The molecule has 1 aliphatic rings. The smallest absolute Gasteiger partial charge is 0.342 e. The number of allylic oxidation sites excluding steroid dienone is 1. The molecule has 1 N–H and O–H groups in total. The van der Waals surface area contributed by atoms with E-state index in [1.54, 1.807) is 6.92 Å². The van der Waals surface area contributed by atoms with Crippen LogP contribution in [-0.2, 0) is 9.53 Å². The van der Waals surface area contributed by atoms with Gasteiger partial charge in [0, 0.05) is 17.3 Å². The quantitative estimate of drug-likeness (QED) is 0.856. The predicted molar refractivity (Wildman–Crippen MR) is 91.3 cm³/mol. The van der Waals surface area contributed by atoms with Gasteiger partial charge in [0.05, 0.1) is 12.1 Å². The summed E-state index contributed by atoms with van der Waals surface area (Å²) < 4.78 is 4.92. The Kier molecular flexibility index (Phi) is 5.44. The van der Waals surface area contributed by atoms with Crippen LogP contribution in [0.1, 0.15) is 20.8 Å². The number of pyridine rings is 1. The van der Waals surface area contributed by atoms with Crippen LogP contribution in [0.2, 0.25) is 0 Å². The fraction of sp³-hybridized carbons (Fsp3) is 0.294. The number of carbonyl (C=O) groups is 1. The van der Waals surface area contributed by atoms with Gasteiger partial charge in [-0.2, -0.15) is 0 Å². The summed E-state index contributed by atoms with van der Waals surface area (Å²) in [6.45, 7) is 5.98. The zero-order chi connectivity index (χ0) is 16.0. The molecule has 1 unspecified atom stereocenters. The van der Waals surface area contributed by atoms with Gasteiger partial charge in [-0.05, 0) is 38.3 Å². The molecule has 0 saturated heterocycles. The third-order valence-corrected chi connectivity index (χ3v) is 4.30. The molecule has 2 aromatic rings. The summed E-state index contributed by atoms with van der Waals surface area (Å²) in [6, 6.07) is 12.1. The van der Waals surface area contributed by atoms with E-state index in [0.29, 0.717) is 6.61 Å². The first-order chi connectivity index (χ1) is 10.5. The van der Waals surface area contributed by atoms with Crippen LogP contribution in [0, 0.1) is 0 Å². The van der Waals surface area contributed by atoms with Crippen molar-refractivity contribution in [3.8, 4) is 0 Å². The number of thioether (sulfide) groups is 1. The molecule has 0 fully saturated rings. The highest BCUT2D eigenvalue weighted by atomic mass is 32.2. The van der Waals surface area contributed by atoms with Gasteiger partial charge >= 0.3 is 5.97 Å². The lowest BCUT2D eigenvalue weighted by molar-refractivity contribution is -0.146. The highest BCUT2D eigenvalue weighted by Gasteiger charge is 2.37. The second-order valence-electron chi connectivity index (χ2n) is 4.99. The minimum atomic E-state index is -0.611. The Labute approximate surface area is 135 Å². The van der Waals surface area contributed by atoms with Crippen molar-refractivity contribution >= 4 is 28.6 Å². The Morgan fingerprint density at radius 1 is 1.32 bits per heavy atom. The highest BCUT2D eigenvalue weighted by Crippen LogP contribution is 2.32. The number of carbonyl (C=O) groups excluding carboxylic acids is 1. The summed E-state index contributed by atoms with van der Waals surface area (Å²) >= 11 is 1.45. The third-order valence-electron chi connectivity index (χ3n) is 3.08. The molecule has 3 rings (SSSR count). The molecule has 0 bridgehead atoms. The number of aromatic nitrogens is 1. The summed E-state index contributed by atoms with van der Waals surface area (Å²) in [5.74, 6) is -0.205. The van der Waals surface area contributed by atoms with E-state index in [4.69, 9.17) is 4.74 Å². The molecule has 1 aliphatic heterocycles. The number of fused-ring (bicyclic) bond motifs is 1. The lowest BCUT2D eigenvalue weighted by atomic mass is 10.2. The summed E-state index contributed by atoms with van der Waals surface area (Å²) in [7, 11) is 0. The molecule has 1 aromatic heterocycles. The molecular formula is C17H20N2O2S. The van der Waals surface area contributed by atoms with Gasteiger partial charge in [0.25, 0.3) is 0 Å². The second-order valence-corrected chi connectivity index (χ2v) is 6.28. The van der Waals surface area contributed by atoms with E-state index in [9.17, 15) is 4.79 Å². The van der Waals surface area contributed by atoms with E-state index in [0.717, 1.165) is 11.2 Å². The van der Waals surface area contributed by atoms with Crippen molar-refractivity contribution in [3.63, 3.8) is 0 Å². The largest absolute Gasteiger partial charge is 0.464 e. The topological polar surface area (TPSA) is 51.2 Å². The number of esters is 1. The van der Waals surface area contributed by atoms with Crippen LogP contribution in [0.25, 0.3) is 10.9 Å². The molecule has 4 nitrogen and oxygen atoms in total. The van der Waals surface area contributed by atoms with E-state index in [1.165, 1.54) is 17.1 Å². The lowest BCUT2D eigenvalue weighted by Gasteiger charge is -2.21. The number of nitrogens with one attached hydrogen (secondary N) is 1. The first-order valence-corrected chi connectivity index (χ1v) is 8.03. The average Bonchev–Trinajstić information content (AvgIpc) is 2.89. The number of ether oxygens (including phenoxy) is 1. The SMILES string of the molecule is CCOC(=O)C1(C)NC(C)=CS1.c1ccc2ncccc2c1. The zero-order valence-corrected chi connectivity index (χ0v) is 13.8. The number of para-hydroxylation sites is 1. The van der Waals surface area contributed by atoms with Crippen LogP contribution in [0.5, 0.6) is 0 Å². The zero-order valence-electron chi connectivity index (χ0n) is 13.0. The van der Waals surface area contributed by atoms with Crippen LogP contribution in [0.3, 0.4) is 0 Å². The first kappa shape index (κ1) is 16.4. The summed E-state index contributed by atoms with van der Waals surface area (Å²) in [6.07, 6.45) is 1.81. The molecule has 0 saturated carbocycles. The lowest BCUT2D eigenvalue weighted by Crippen LogP contribution is -2.43. The van der Waals surface area contributed by atoms with Crippen molar-refractivity contribution in [3.05, 3.63) is 53.7 Å². The first-order valence-electron chi connectivity index (χ1n) is 7.15.